The summed E-state index contributed by atoms with van der Waals surface area (Å²) in [5.74, 6) is 0. The van der Waals surface area contributed by atoms with Crippen LogP contribution in [0.25, 0.3) is 0 Å². The summed E-state index contributed by atoms with van der Waals surface area (Å²) in [5, 5.41) is 0. The number of hydrogen-bond acceptors (Lipinski definition) is 2. The standard InChI is InChI=1S/2C6H14O.H3P/c2*1-3-5-6-7-4-2;/h2*3-6H2,1-2H3;1H3. The van der Waals surface area contributed by atoms with Crippen LogP contribution in [0.4, 0.5) is 0 Å². The lowest BCUT2D eigenvalue weighted by atomic mass is 10.4. The van der Waals surface area contributed by atoms with Gasteiger partial charge in [0.2, 0.25) is 0 Å². The third kappa shape index (κ3) is 31.4. The van der Waals surface area contributed by atoms with E-state index in [2.05, 4.69) is 13.8 Å². The Bertz CT molecular complexity index is 62.0. The van der Waals surface area contributed by atoms with E-state index in [4.69, 9.17) is 9.47 Å². The molecule has 0 aromatic carbocycles. The summed E-state index contributed by atoms with van der Waals surface area (Å²) >= 11 is 0. The molecule has 0 rings (SSSR count). The van der Waals surface area contributed by atoms with Crippen LogP contribution in [0.1, 0.15) is 53.4 Å². The van der Waals surface area contributed by atoms with Crippen LogP contribution in [0.2, 0.25) is 0 Å². The predicted octanol–water partition coefficient (Wildman–Crippen LogP) is 3.70. The first-order chi connectivity index (χ1) is 6.83. The number of ether oxygens (including phenoxy) is 2. The molecule has 0 N–H and O–H groups in total. The molecule has 0 aromatic rings. The normalized spacial score (nSPS) is 8.80. The molecule has 0 aliphatic rings. The monoisotopic (exact) mass is 238 g/mol. The van der Waals surface area contributed by atoms with Crippen molar-refractivity contribution >= 4 is 9.90 Å². The van der Waals surface area contributed by atoms with Gasteiger partial charge < -0.3 is 9.47 Å². The van der Waals surface area contributed by atoms with Gasteiger partial charge >= 0.3 is 0 Å². The predicted molar refractivity (Wildman–Crippen MR) is 73.9 cm³/mol. The first kappa shape index (κ1) is 20.7. The van der Waals surface area contributed by atoms with Gasteiger partial charge in [0.1, 0.15) is 0 Å². The summed E-state index contributed by atoms with van der Waals surface area (Å²) in [7, 11) is 0. The van der Waals surface area contributed by atoms with Gasteiger partial charge in [-0.25, -0.2) is 0 Å². The Morgan fingerprint density at radius 1 is 0.667 bits per heavy atom. The Morgan fingerprint density at radius 2 is 1.00 bits per heavy atom. The average Bonchev–Trinajstić information content (AvgIpc) is 2.21. The Morgan fingerprint density at radius 3 is 1.20 bits per heavy atom. The third-order valence-electron chi connectivity index (χ3n) is 1.69. The molecule has 0 radical (unpaired) electrons. The van der Waals surface area contributed by atoms with Crippen molar-refractivity contribution in [3.63, 3.8) is 0 Å². The molecule has 1 atom stereocenters. The van der Waals surface area contributed by atoms with Gasteiger partial charge in [-0.1, -0.05) is 26.7 Å². The lowest BCUT2D eigenvalue weighted by Crippen LogP contribution is -1.90. The van der Waals surface area contributed by atoms with E-state index >= 15 is 0 Å². The second-order valence-corrected chi connectivity index (χ2v) is 3.10. The van der Waals surface area contributed by atoms with E-state index in [-0.39, 0.29) is 9.90 Å². The van der Waals surface area contributed by atoms with Crippen molar-refractivity contribution in [3.8, 4) is 0 Å². The zero-order valence-electron chi connectivity index (χ0n) is 11.2. The van der Waals surface area contributed by atoms with E-state index in [1.165, 1.54) is 25.7 Å². The van der Waals surface area contributed by atoms with Crippen LogP contribution < -0.4 is 0 Å². The van der Waals surface area contributed by atoms with Crippen molar-refractivity contribution in [3.05, 3.63) is 0 Å². The minimum Gasteiger partial charge on any atom is -0.382 e. The van der Waals surface area contributed by atoms with Gasteiger partial charge in [-0.3, -0.25) is 0 Å². The van der Waals surface area contributed by atoms with Crippen LogP contribution in [0.3, 0.4) is 0 Å². The summed E-state index contributed by atoms with van der Waals surface area (Å²) in [4.78, 5) is 0. The molecule has 3 heteroatoms. The van der Waals surface area contributed by atoms with Crippen molar-refractivity contribution in [1.82, 2.24) is 0 Å². The largest absolute Gasteiger partial charge is 0.382 e. The van der Waals surface area contributed by atoms with Gasteiger partial charge in [0, 0.05) is 26.4 Å². The van der Waals surface area contributed by atoms with Gasteiger partial charge in [-0.2, -0.15) is 9.90 Å². The summed E-state index contributed by atoms with van der Waals surface area (Å²) in [6, 6.07) is 0. The molecular formula is C12H31O2P. The molecule has 96 valence electrons. The maximum absolute atomic E-state index is 5.07. The highest BCUT2D eigenvalue weighted by molar-refractivity contribution is 6.92. The van der Waals surface area contributed by atoms with Gasteiger partial charge in [-0.15, -0.1) is 0 Å². The molecule has 15 heavy (non-hydrogen) atoms. The minimum absolute atomic E-state index is 0. The van der Waals surface area contributed by atoms with Crippen LogP contribution >= 0.6 is 9.90 Å². The van der Waals surface area contributed by atoms with Gasteiger partial charge in [0.25, 0.3) is 0 Å². The lowest BCUT2D eigenvalue weighted by molar-refractivity contribution is 0.144. The molecule has 0 fully saturated rings. The maximum Gasteiger partial charge on any atom is 0.0465 e. The molecular weight excluding hydrogens is 207 g/mol. The second-order valence-electron chi connectivity index (χ2n) is 3.10. The summed E-state index contributed by atoms with van der Waals surface area (Å²) in [5.41, 5.74) is 0. The molecule has 1 unspecified atom stereocenters. The van der Waals surface area contributed by atoms with Crippen LogP contribution in [0, 0.1) is 0 Å². The Labute approximate surface area is 99.7 Å². The zero-order chi connectivity index (χ0) is 11.1. The van der Waals surface area contributed by atoms with Crippen molar-refractivity contribution in [2.24, 2.45) is 0 Å². The Hall–Kier alpha value is 0.350. The van der Waals surface area contributed by atoms with E-state index in [1.54, 1.807) is 0 Å². The van der Waals surface area contributed by atoms with Crippen molar-refractivity contribution in [2.45, 2.75) is 53.4 Å². The van der Waals surface area contributed by atoms with E-state index < -0.39 is 0 Å². The number of rotatable bonds is 8. The van der Waals surface area contributed by atoms with E-state index in [1.807, 2.05) is 13.8 Å². The van der Waals surface area contributed by atoms with Crippen molar-refractivity contribution < 1.29 is 9.47 Å². The highest BCUT2D eigenvalue weighted by atomic mass is 31.0. The molecule has 0 heterocycles. The van der Waals surface area contributed by atoms with E-state index in [9.17, 15) is 0 Å². The topological polar surface area (TPSA) is 18.5 Å². The number of unbranched alkanes of at least 4 members (excludes halogenated alkanes) is 2. The fourth-order valence-corrected chi connectivity index (χ4v) is 0.781. The van der Waals surface area contributed by atoms with E-state index in [0.717, 1.165) is 26.4 Å². The second kappa shape index (κ2) is 23.9. The molecule has 0 aliphatic carbocycles. The van der Waals surface area contributed by atoms with Crippen LogP contribution in [0.15, 0.2) is 0 Å². The molecule has 2 nitrogen and oxygen atoms in total. The molecule has 0 saturated carbocycles. The molecule has 0 amide bonds. The van der Waals surface area contributed by atoms with Gasteiger partial charge in [-0.05, 0) is 26.7 Å². The molecule has 0 aliphatic heterocycles. The lowest BCUT2D eigenvalue weighted by Gasteiger charge is -1.94. The Balaban J connectivity index is -0.000000180. The summed E-state index contributed by atoms with van der Waals surface area (Å²) in [6.07, 6.45) is 4.88. The van der Waals surface area contributed by atoms with E-state index in [0.29, 0.717) is 0 Å². The quantitative estimate of drug-likeness (QED) is 0.474. The van der Waals surface area contributed by atoms with Gasteiger partial charge in [0.05, 0.1) is 0 Å². The fourth-order valence-electron chi connectivity index (χ4n) is 0.781. The van der Waals surface area contributed by atoms with Crippen molar-refractivity contribution in [2.75, 3.05) is 26.4 Å². The molecule has 0 bridgehead atoms. The van der Waals surface area contributed by atoms with Crippen molar-refractivity contribution in [1.29, 1.82) is 0 Å². The van der Waals surface area contributed by atoms with Crippen LogP contribution in [0.5, 0.6) is 0 Å². The average molecular weight is 238 g/mol. The highest BCUT2D eigenvalue weighted by Crippen LogP contribution is 1.86. The SMILES string of the molecule is CCCCOCC.CCCCOCC.P. The fraction of sp³-hybridized carbons (Fsp3) is 1.00. The first-order valence-corrected chi connectivity index (χ1v) is 5.98. The Kier molecular flexibility index (Phi) is 33.0. The molecule has 0 saturated heterocycles. The first-order valence-electron chi connectivity index (χ1n) is 5.98. The molecule has 0 spiro atoms. The summed E-state index contributed by atoms with van der Waals surface area (Å²) in [6.45, 7) is 12.0. The minimum atomic E-state index is 0. The maximum atomic E-state index is 5.07. The smallest absolute Gasteiger partial charge is 0.0465 e. The summed E-state index contributed by atoms with van der Waals surface area (Å²) < 4.78 is 10.1. The molecule has 0 aromatic heterocycles. The third-order valence-corrected chi connectivity index (χ3v) is 1.69. The highest BCUT2D eigenvalue weighted by Gasteiger charge is 1.79. The van der Waals surface area contributed by atoms with Gasteiger partial charge in [0.15, 0.2) is 0 Å². The van der Waals surface area contributed by atoms with Crippen LogP contribution in [-0.4, -0.2) is 26.4 Å². The van der Waals surface area contributed by atoms with Crippen LogP contribution in [-0.2, 0) is 9.47 Å². The zero-order valence-corrected chi connectivity index (χ0v) is 12.6. The number of hydrogen-bond donors (Lipinski definition) is 0.